The third kappa shape index (κ3) is 1.56. The summed E-state index contributed by atoms with van der Waals surface area (Å²) in [6.07, 6.45) is 0. The summed E-state index contributed by atoms with van der Waals surface area (Å²) in [6.45, 7) is 1.53. The molecule has 0 atom stereocenters. The van der Waals surface area contributed by atoms with Crippen molar-refractivity contribution in [2.75, 3.05) is 0 Å². The molecule has 0 saturated carbocycles. The van der Waals surface area contributed by atoms with Crippen LogP contribution in [0.1, 0.15) is 11.1 Å². The SMILES string of the molecule is Cc1cc([N+](=O)[O-])c(C#N)cc1O. The molecule has 0 bridgehead atoms. The van der Waals surface area contributed by atoms with Crippen LogP contribution in [0.3, 0.4) is 0 Å². The first-order chi connectivity index (χ1) is 6.06. The molecule has 0 aliphatic rings. The van der Waals surface area contributed by atoms with E-state index in [0.29, 0.717) is 5.56 Å². The van der Waals surface area contributed by atoms with Crippen LogP contribution in [0.2, 0.25) is 0 Å². The first kappa shape index (κ1) is 9.00. The van der Waals surface area contributed by atoms with E-state index in [-0.39, 0.29) is 17.0 Å². The van der Waals surface area contributed by atoms with Crippen LogP contribution in [-0.4, -0.2) is 10.0 Å². The van der Waals surface area contributed by atoms with Gasteiger partial charge in [-0.25, -0.2) is 0 Å². The zero-order valence-corrected chi connectivity index (χ0v) is 6.81. The molecule has 5 nitrogen and oxygen atoms in total. The van der Waals surface area contributed by atoms with Gasteiger partial charge in [0.1, 0.15) is 17.4 Å². The molecule has 5 heteroatoms. The van der Waals surface area contributed by atoms with Gasteiger partial charge in [0.25, 0.3) is 5.69 Å². The van der Waals surface area contributed by atoms with Crippen LogP contribution in [0, 0.1) is 28.4 Å². The zero-order chi connectivity index (χ0) is 10.0. The molecule has 0 amide bonds. The van der Waals surface area contributed by atoms with Gasteiger partial charge in [-0.15, -0.1) is 0 Å². The summed E-state index contributed by atoms with van der Waals surface area (Å²) in [5.41, 5.74) is -0.0309. The Morgan fingerprint density at radius 3 is 2.69 bits per heavy atom. The van der Waals surface area contributed by atoms with E-state index in [4.69, 9.17) is 10.4 Å². The molecule has 13 heavy (non-hydrogen) atoms. The zero-order valence-electron chi connectivity index (χ0n) is 6.81. The van der Waals surface area contributed by atoms with Crippen LogP contribution in [-0.2, 0) is 0 Å². The number of nitro groups is 1. The van der Waals surface area contributed by atoms with Crippen molar-refractivity contribution in [3.05, 3.63) is 33.4 Å². The van der Waals surface area contributed by atoms with Crippen molar-refractivity contribution in [1.29, 1.82) is 5.26 Å². The van der Waals surface area contributed by atoms with Gasteiger partial charge in [0.15, 0.2) is 0 Å². The summed E-state index contributed by atoms with van der Waals surface area (Å²) >= 11 is 0. The van der Waals surface area contributed by atoms with Gasteiger partial charge in [0.05, 0.1) is 4.92 Å². The molecule has 66 valence electrons. The summed E-state index contributed by atoms with van der Waals surface area (Å²) < 4.78 is 0. The Morgan fingerprint density at radius 2 is 2.23 bits per heavy atom. The minimum atomic E-state index is -0.648. The first-order valence-electron chi connectivity index (χ1n) is 3.44. The van der Waals surface area contributed by atoms with Crippen molar-refractivity contribution in [2.24, 2.45) is 0 Å². The van der Waals surface area contributed by atoms with Crippen molar-refractivity contribution in [2.45, 2.75) is 6.92 Å². The third-order valence-corrected chi connectivity index (χ3v) is 1.63. The quantitative estimate of drug-likeness (QED) is 0.521. The Balaban J connectivity index is 3.44. The highest BCUT2D eigenvalue weighted by Crippen LogP contribution is 2.26. The Bertz CT molecular complexity index is 407. The lowest BCUT2D eigenvalue weighted by Crippen LogP contribution is -1.93. The molecule has 1 aromatic rings. The number of phenols is 1. The molecule has 0 fully saturated rings. The fourth-order valence-electron chi connectivity index (χ4n) is 0.922. The molecule has 0 aliphatic carbocycles. The van der Waals surface area contributed by atoms with Crippen LogP contribution in [0.5, 0.6) is 5.75 Å². The normalized spacial score (nSPS) is 9.23. The second kappa shape index (κ2) is 3.11. The fraction of sp³-hybridized carbons (Fsp3) is 0.125. The van der Waals surface area contributed by atoms with Crippen LogP contribution < -0.4 is 0 Å². The maximum absolute atomic E-state index is 10.4. The van der Waals surface area contributed by atoms with Gasteiger partial charge in [0, 0.05) is 12.1 Å². The van der Waals surface area contributed by atoms with Crippen molar-refractivity contribution in [3.63, 3.8) is 0 Å². The van der Waals surface area contributed by atoms with Gasteiger partial charge in [-0.2, -0.15) is 5.26 Å². The number of aryl methyl sites for hydroxylation is 1. The van der Waals surface area contributed by atoms with Crippen LogP contribution in [0.25, 0.3) is 0 Å². The van der Waals surface area contributed by atoms with Gasteiger partial charge >= 0.3 is 0 Å². The van der Waals surface area contributed by atoms with Gasteiger partial charge in [-0.3, -0.25) is 10.1 Å². The highest BCUT2D eigenvalue weighted by Gasteiger charge is 2.15. The Morgan fingerprint density at radius 1 is 1.62 bits per heavy atom. The van der Waals surface area contributed by atoms with Gasteiger partial charge < -0.3 is 5.11 Å². The number of rotatable bonds is 1. The summed E-state index contributed by atoms with van der Waals surface area (Å²) in [5, 5.41) is 28.1. The van der Waals surface area contributed by atoms with E-state index in [9.17, 15) is 10.1 Å². The van der Waals surface area contributed by atoms with Gasteiger partial charge in [-0.1, -0.05) is 0 Å². The predicted octanol–water partition coefficient (Wildman–Crippen LogP) is 1.48. The third-order valence-electron chi connectivity index (χ3n) is 1.63. The number of hydrogen-bond acceptors (Lipinski definition) is 4. The Labute approximate surface area is 74.0 Å². The lowest BCUT2D eigenvalue weighted by atomic mass is 10.1. The van der Waals surface area contributed by atoms with Crippen molar-refractivity contribution >= 4 is 5.69 Å². The molecule has 0 aliphatic heterocycles. The van der Waals surface area contributed by atoms with E-state index in [0.717, 1.165) is 6.07 Å². The van der Waals surface area contributed by atoms with E-state index >= 15 is 0 Å². The first-order valence-corrected chi connectivity index (χ1v) is 3.44. The monoisotopic (exact) mass is 178 g/mol. The van der Waals surface area contributed by atoms with E-state index in [1.807, 2.05) is 0 Å². The standard InChI is InChI=1S/C8H6N2O3/c1-5-2-7(10(12)13)6(4-9)3-8(5)11/h2-3,11H,1H3. The van der Waals surface area contributed by atoms with Crippen LogP contribution in [0.15, 0.2) is 12.1 Å². The molecule has 0 aromatic heterocycles. The van der Waals surface area contributed by atoms with Crippen LogP contribution >= 0.6 is 0 Å². The number of nitrogens with zero attached hydrogens (tertiary/aromatic N) is 2. The van der Waals surface area contributed by atoms with E-state index in [1.165, 1.54) is 13.0 Å². The predicted molar refractivity (Wildman–Crippen MR) is 44.2 cm³/mol. The fourth-order valence-corrected chi connectivity index (χ4v) is 0.922. The largest absolute Gasteiger partial charge is 0.508 e. The van der Waals surface area contributed by atoms with Crippen molar-refractivity contribution in [1.82, 2.24) is 0 Å². The molecular weight excluding hydrogens is 172 g/mol. The van der Waals surface area contributed by atoms with Crippen LogP contribution in [0.4, 0.5) is 5.69 Å². The molecule has 0 radical (unpaired) electrons. The summed E-state index contributed by atoms with van der Waals surface area (Å²) in [5.74, 6) is -0.109. The average Bonchev–Trinajstić information content (AvgIpc) is 2.08. The second-order valence-electron chi connectivity index (χ2n) is 2.52. The summed E-state index contributed by atoms with van der Waals surface area (Å²) in [6, 6.07) is 3.91. The van der Waals surface area contributed by atoms with E-state index in [2.05, 4.69) is 0 Å². The topological polar surface area (TPSA) is 87.2 Å². The molecule has 0 saturated heterocycles. The highest BCUT2D eigenvalue weighted by atomic mass is 16.6. The molecule has 1 rings (SSSR count). The summed E-state index contributed by atoms with van der Waals surface area (Å²) in [4.78, 5) is 9.77. The van der Waals surface area contributed by atoms with E-state index < -0.39 is 4.92 Å². The minimum absolute atomic E-state index is 0.109. The number of phenolic OH excluding ortho intramolecular Hbond substituents is 1. The number of nitro benzene ring substituents is 1. The number of aromatic hydroxyl groups is 1. The lowest BCUT2D eigenvalue weighted by Gasteiger charge is -1.99. The molecule has 0 unspecified atom stereocenters. The molecule has 1 N–H and O–H groups in total. The number of hydrogen-bond donors (Lipinski definition) is 1. The number of nitriles is 1. The molecule has 1 aromatic carbocycles. The lowest BCUT2D eigenvalue weighted by molar-refractivity contribution is -0.385. The maximum Gasteiger partial charge on any atom is 0.287 e. The highest BCUT2D eigenvalue weighted by molar-refractivity contribution is 5.55. The Kier molecular flexibility index (Phi) is 2.15. The summed E-state index contributed by atoms with van der Waals surface area (Å²) in [7, 11) is 0. The second-order valence-corrected chi connectivity index (χ2v) is 2.52. The van der Waals surface area contributed by atoms with E-state index in [1.54, 1.807) is 6.07 Å². The van der Waals surface area contributed by atoms with Gasteiger partial charge in [-0.05, 0) is 12.5 Å². The smallest absolute Gasteiger partial charge is 0.287 e. The van der Waals surface area contributed by atoms with Gasteiger partial charge in [0.2, 0.25) is 0 Å². The molecule has 0 spiro atoms. The molecule has 0 heterocycles. The molecular formula is C8H6N2O3. The average molecular weight is 178 g/mol. The van der Waals surface area contributed by atoms with Crippen molar-refractivity contribution < 1.29 is 10.0 Å². The van der Waals surface area contributed by atoms with Crippen molar-refractivity contribution in [3.8, 4) is 11.8 Å². The maximum atomic E-state index is 10.4. The Hall–Kier alpha value is -2.09. The number of benzene rings is 1. The minimum Gasteiger partial charge on any atom is -0.508 e.